The summed E-state index contributed by atoms with van der Waals surface area (Å²) in [5.74, 6) is 2.82. The number of imide groups is 1. The number of anilines is 2. The van der Waals surface area contributed by atoms with Gasteiger partial charge in [0.25, 0.3) is 0 Å². The molecular weight excluding hydrogens is 690 g/mol. The third-order valence-electron chi connectivity index (χ3n) is 11.3. The number of aromatic nitrogens is 5. The number of H-pyrrole nitrogens is 1. The van der Waals surface area contributed by atoms with E-state index in [0.29, 0.717) is 58.3 Å². The number of halogens is 1. The zero-order valence-corrected chi connectivity index (χ0v) is 31.5. The fourth-order valence-corrected chi connectivity index (χ4v) is 8.49. The molecule has 12 nitrogen and oxygen atoms in total. The van der Waals surface area contributed by atoms with Crippen molar-refractivity contribution in [1.82, 2.24) is 34.9 Å². The third-order valence-corrected chi connectivity index (χ3v) is 11.6. The van der Waals surface area contributed by atoms with Gasteiger partial charge in [0.15, 0.2) is 11.4 Å². The largest absolute Gasteiger partial charge is 0.453 e. The number of rotatable bonds is 8. The molecule has 5 aromatic rings. The van der Waals surface area contributed by atoms with Gasteiger partial charge in [0.2, 0.25) is 5.91 Å². The molecule has 6 heterocycles. The number of pyridine rings is 1. The first-order valence-corrected chi connectivity index (χ1v) is 18.9. The lowest BCUT2D eigenvalue weighted by Gasteiger charge is -2.48. The summed E-state index contributed by atoms with van der Waals surface area (Å²) in [5, 5.41) is 7.25. The van der Waals surface area contributed by atoms with Crippen LogP contribution in [0.1, 0.15) is 63.1 Å². The molecule has 3 aliphatic rings. The van der Waals surface area contributed by atoms with Gasteiger partial charge in [-0.1, -0.05) is 23.7 Å². The number of nitrogens with one attached hydrogen (secondary N) is 2. The number of ether oxygens (including phenoxy) is 1. The highest BCUT2D eigenvalue weighted by atomic mass is 35.5. The summed E-state index contributed by atoms with van der Waals surface area (Å²) in [6, 6.07) is 16.3. The van der Waals surface area contributed by atoms with Crippen molar-refractivity contribution in [2.45, 2.75) is 64.3 Å². The van der Waals surface area contributed by atoms with Crippen LogP contribution in [0.3, 0.4) is 0 Å². The number of piperidine rings is 2. The van der Waals surface area contributed by atoms with Gasteiger partial charge in [-0.2, -0.15) is 5.10 Å². The normalized spacial score (nSPS) is 19.9. The standard InChI is InChI=1S/C40H46ClN9O3/c1-25-32(24-47(4)46-25)37-44-35-36(33(41)22-42-38(35)45-37)53-31-11-5-27(6-12-31)28-15-19-49(40(2,3)21-28)23-26-13-17-48(18-14-26)29-7-9-30(10-8-29)50-20-16-34(51)43-39(50)52/h5-12,22,24,26,28H,13-21,23H2,1-4H3,(H,42,44,45)(H,43,51,52)/t28-/m1/s1. The Kier molecular flexibility index (Phi) is 9.36. The lowest BCUT2D eigenvalue weighted by molar-refractivity contribution is -0.120. The van der Waals surface area contributed by atoms with Crippen LogP contribution in [0.2, 0.25) is 5.02 Å². The predicted molar refractivity (Wildman–Crippen MR) is 207 cm³/mol. The molecule has 3 saturated heterocycles. The molecule has 0 saturated carbocycles. The Morgan fingerprint density at radius 2 is 1.70 bits per heavy atom. The van der Waals surface area contributed by atoms with Crippen LogP contribution >= 0.6 is 11.6 Å². The Bertz CT molecular complexity index is 2130. The van der Waals surface area contributed by atoms with Crippen molar-refractivity contribution in [2.75, 3.05) is 42.5 Å². The maximum absolute atomic E-state index is 12.2. The fourth-order valence-electron chi connectivity index (χ4n) is 8.31. The van der Waals surface area contributed by atoms with Crippen molar-refractivity contribution in [3.05, 3.63) is 77.2 Å². The summed E-state index contributed by atoms with van der Waals surface area (Å²) in [6.07, 6.45) is 8.38. The number of fused-ring (bicyclic) bond motifs is 1. The van der Waals surface area contributed by atoms with Crippen LogP contribution in [0, 0.1) is 12.8 Å². The van der Waals surface area contributed by atoms with Gasteiger partial charge in [0.1, 0.15) is 22.1 Å². The zero-order chi connectivity index (χ0) is 36.9. The minimum Gasteiger partial charge on any atom is -0.453 e. The highest BCUT2D eigenvalue weighted by Crippen LogP contribution is 2.41. The molecule has 3 amide bonds. The Hall–Kier alpha value is -4.94. The molecular formula is C40H46ClN9O3. The van der Waals surface area contributed by atoms with E-state index in [4.69, 9.17) is 16.3 Å². The van der Waals surface area contributed by atoms with Crippen molar-refractivity contribution < 1.29 is 14.3 Å². The molecule has 0 aliphatic carbocycles. The van der Waals surface area contributed by atoms with E-state index in [1.54, 1.807) is 15.8 Å². The van der Waals surface area contributed by atoms with Crippen molar-refractivity contribution in [2.24, 2.45) is 13.0 Å². The van der Waals surface area contributed by atoms with Crippen LogP contribution in [0.4, 0.5) is 16.2 Å². The minimum atomic E-state index is -0.347. The Balaban J connectivity index is 0.854. The van der Waals surface area contributed by atoms with Gasteiger partial charge in [-0.05, 0) is 107 Å². The van der Waals surface area contributed by atoms with Crippen molar-refractivity contribution in [3.8, 4) is 22.9 Å². The highest BCUT2D eigenvalue weighted by Gasteiger charge is 2.37. The molecule has 13 heteroatoms. The summed E-state index contributed by atoms with van der Waals surface area (Å²) in [5.41, 5.74) is 6.40. The van der Waals surface area contributed by atoms with E-state index >= 15 is 0 Å². The molecule has 3 aliphatic heterocycles. The first-order valence-electron chi connectivity index (χ1n) is 18.5. The molecule has 1 atom stereocenters. The number of carbonyl (C=O) groups is 2. The first kappa shape index (κ1) is 35.1. The summed E-state index contributed by atoms with van der Waals surface area (Å²) in [4.78, 5) is 43.0. The fraction of sp³-hybridized carbons (Fsp3) is 0.425. The van der Waals surface area contributed by atoms with E-state index in [0.717, 1.165) is 68.8 Å². The van der Waals surface area contributed by atoms with E-state index in [1.165, 1.54) is 11.3 Å². The van der Waals surface area contributed by atoms with Crippen LogP contribution < -0.4 is 19.9 Å². The van der Waals surface area contributed by atoms with Gasteiger partial charge in [-0.25, -0.2) is 14.8 Å². The van der Waals surface area contributed by atoms with Crippen LogP contribution in [-0.4, -0.2) is 79.8 Å². The van der Waals surface area contributed by atoms with Gasteiger partial charge >= 0.3 is 6.03 Å². The number of aryl methyl sites for hydroxylation is 2. The maximum atomic E-state index is 12.2. The van der Waals surface area contributed by atoms with Crippen molar-refractivity contribution in [3.63, 3.8) is 0 Å². The monoisotopic (exact) mass is 735 g/mol. The van der Waals surface area contributed by atoms with Gasteiger partial charge in [0.05, 0.1) is 17.5 Å². The topological polar surface area (TPSA) is 125 Å². The number of amides is 3. The molecule has 3 fully saturated rings. The van der Waals surface area contributed by atoms with E-state index in [1.807, 2.05) is 44.4 Å². The van der Waals surface area contributed by atoms with Gasteiger partial charge in [0, 0.05) is 62.8 Å². The molecule has 0 unspecified atom stereocenters. The second kappa shape index (κ2) is 14.1. The summed E-state index contributed by atoms with van der Waals surface area (Å²) >= 11 is 6.60. The number of imidazole rings is 1. The molecule has 3 aromatic heterocycles. The zero-order valence-electron chi connectivity index (χ0n) is 30.7. The van der Waals surface area contributed by atoms with Crippen molar-refractivity contribution >= 4 is 46.1 Å². The lowest BCUT2D eigenvalue weighted by Crippen LogP contribution is -2.52. The summed E-state index contributed by atoms with van der Waals surface area (Å²) in [7, 11) is 1.89. The Morgan fingerprint density at radius 3 is 2.38 bits per heavy atom. The molecule has 276 valence electrons. The van der Waals surface area contributed by atoms with Crippen molar-refractivity contribution in [1.29, 1.82) is 0 Å². The smallest absolute Gasteiger partial charge is 0.328 e. The number of urea groups is 1. The van der Waals surface area contributed by atoms with Gasteiger partial charge < -0.3 is 14.6 Å². The Morgan fingerprint density at radius 1 is 0.962 bits per heavy atom. The molecule has 2 N–H and O–H groups in total. The minimum absolute atomic E-state index is 0.0948. The van der Waals surface area contributed by atoms with Crippen LogP contribution in [0.5, 0.6) is 11.5 Å². The van der Waals surface area contributed by atoms with Crippen LogP contribution in [0.25, 0.3) is 22.6 Å². The quantitative estimate of drug-likeness (QED) is 0.169. The van der Waals surface area contributed by atoms with Crippen LogP contribution in [-0.2, 0) is 11.8 Å². The molecule has 8 rings (SSSR count). The van der Waals surface area contributed by atoms with Gasteiger partial charge in [-0.3, -0.25) is 24.6 Å². The molecule has 0 radical (unpaired) electrons. The molecule has 2 aromatic carbocycles. The number of aromatic amines is 1. The first-order chi connectivity index (χ1) is 25.5. The highest BCUT2D eigenvalue weighted by molar-refractivity contribution is 6.32. The summed E-state index contributed by atoms with van der Waals surface area (Å²) < 4.78 is 8.13. The lowest BCUT2D eigenvalue weighted by atomic mass is 9.78. The average Bonchev–Trinajstić information content (AvgIpc) is 3.73. The predicted octanol–water partition coefficient (Wildman–Crippen LogP) is 7.43. The van der Waals surface area contributed by atoms with Crippen LogP contribution in [0.15, 0.2) is 60.9 Å². The SMILES string of the molecule is Cc1nn(C)cc1-c1nc2ncc(Cl)c(Oc3ccc([C@@H]4CCN(CC5CCN(c6ccc(N7CCC(=O)NC7=O)cc6)CC5)C(C)(C)C4)cc3)c2[nH]1. The number of nitrogens with zero attached hydrogens (tertiary/aromatic N) is 7. The number of carbonyl (C=O) groups excluding carboxylic acids is 2. The maximum Gasteiger partial charge on any atom is 0.328 e. The second-order valence-electron chi connectivity index (χ2n) is 15.3. The average molecular weight is 736 g/mol. The number of hydrogen-bond acceptors (Lipinski definition) is 8. The van der Waals surface area contributed by atoms with E-state index in [9.17, 15) is 9.59 Å². The molecule has 0 spiro atoms. The second-order valence-corrected chi connectivity index (χ2v) is 15.7. The van der Waals surface area contributed by atoms with E-state index in [-0.39, 0.29) is 17.5 Å². The number of benzene rings is 2. The molecule has 53 heavy (non-hydrogen) atoms. The number of likely N-dealkylation sites (tertiary alicyclic amines) is 1. The molecule has 0 bridgehead atoms. The van der Waals surface area contributed by atoms with E-state index in [2.05, 4.69) is 73.3 Å². The summed E-state index contributed by atoms with van der Waals surface area (Å²) in [6.45, 7) is 11.4. The Labute approximate surface area is 314 Å². The van der Waals surface area contributed by atoms with E-state index < -0.39 is 0 Å². The third kappa shape index (κ3) is 7.22. The van der Waals surface area contributed by atoms with Gasteiger partial charge in [-0.15, -0.1) is 0 Å². The number of hydrogen-bond donors (Lipinski definition) is 2.